The fraction of sp³-hybridized carbons (Fsp3) is 0.143. The summed E-state index contributed by atoms with van der Waals surface area (Å²) in [6.07, 6.45) is 1.78. The summed E-state index contributed by atoms with van der Waals surface area (Å²) < 4.78 is 5.66. The van der Waals surface area contributed by atoms with E-state index in [1.165, 1.54) is 5.56 Å². The second-order valence-corrected chi connectivity index (χ2v) is 5.02. The molecule has 0 atom stereocenters. The number of oxazole rings is 1. The van der Waals surface area contributed by atoms with E-state index < -0.39 is 0 Å². The number of aromatic nitrogens is 2. The van der Waals surface area contributed by atoms with E-state index in [1.807, 2.05) is 36.4 Å². The second kappa shape index (κ2) is 5.42. The Balaban J connectivity index is 1.74. The molecule has 3 rings (SSSR count). The van der Waals surface area contributed by atoms with Crippen molar-refractivity contribution in [2.45, 2.75) is 17.5 Å². The van der Waals surface area contributed by atoms with Gasteiger partial charge in [0.25, 0.3) is 5.22 Å². The van der Waals surface area contributed by atoms with Gasteiger partial charge in [-0.15, -0.1) is 0 Å². The summed E-state index contributed by atoms with van der Waals surface area (Å²) in [5, 5.41) is 0.687. The number of hydrogen-bond donors (Lipinski definition) is 1. The van der Waals surface area contributed by atoms with Gasteiger partial charge < -0.3 is 10.2 Å². The van der Waals surface area contributed by atoms with Gasteiger partial charge in [-0.1, -0.05) is 23.9 Å². The van der Waals surface area contributed by atoms with Crippen LogP contribution in [0.3, 0.4) is 0 Å². The molecule has 0 radical (unpaired) electrons. The normalized spacial score (nSPS) is 11.0. The summed E-state index contributed by atoms with van der Waals surface area (Å²) in [4.78, 5) is 8.60. The van der Waals surface area contributed by atoms with Crippen molar-refractivity contribution in [3.05, 3.63) is 53.9 Å². The Labute approximate surface area is 115 Å². The summed E-state index contributed by atoms with van der Waals surface area (Å²) >= 11 is 1.57. The fourth-order valence-corrected chi connectivity index (χ4v) is 2.57. The standard InChI is InChI=1S/C14H13N3OS/c15-8-11-7-10(5-6-16-11)9-19-14-17-12-3-1-2-4-13(12)18-14/h1-7H,8-9,15H2. The Morgan fingerprint density at radius 2 is 2.11 bits per heavy atom. The van der Waals surface area contributed by atoms with Crippen LogP contribution in [0.5, 0.6) is 0 Å². The lowest BCUT2D eigenvalue weighted by molar-refractivity contribution is 0.489. The molecule has 2 heterocycles. The first-order valence-corrected chi connectivity index (χ1v) is 6.96. The number of fused-ring (bicyclic) bond motifs is 1. The summed E-state index contributed by atoms with van der Waals surface area (Å²) in [7, 11) is 0. The first-order chi connectivity index (χ1) is 9.35. The molecule has 5 heteroatoms. The van der Waals surface area contributed by atoms with Gasteiger partial charge in [0.15, 0.2) is 5.58 Å². The van der Waals surface area contributed by atoms with Crippen molar-refractivity contribution >= 4 is 22.9 Å². The van der Waals surface area contributed by atoms with Crippen LogP contribution in [0, 0.1) is 0 Å². The van der Waals surface area contributed by atoms with E-state index >= 15 is 0 Å². The van der Waals surface area contributed by atoms with Crippen molar-refractivity contribution in [2.24, 2.45) is 5.73 Å². The number of benzene rings is 1. The molecule has 0 saturated carbocycles. The highest BCUT2D eigenvalue weighted by Gasteiger charge is 2.06. The highest BCUT2D eigenvalue weighted by Crippen LogP contribution is 2.26. The van der Waals surface area contributed by atoms with Gasteiger partial charge in [0.05, 0.1) is 5.69 Å². The van der Waals surface area contributed by atoms with Crippen LogP contribution >= 0.6 is 11.8 Å². The van der Waals surface area contributed by atoms with Gasteiger partial charge in [0.2, 0.25) is 0 Å². The van der Waals surface area contributed by atoms with Crippen LogP contribution < -0.4 is 5.73 Å². The van der Waals surface area contributed by atoms with Crippen LogP contribution in [-0.4, -0.2) is 9.97 Å². The van der Waals surface area contributed by atoms with E-state index in [2.05, 4.69) is 9.97 Å². The Bertz CT molecular complexity index is 663. The Hall–Kier alpha value is -1.85. The average Bonchev–Trinajstić information content (AvgIpc) is 2.88. The van der Waals surface area contributed by atoms with E-state index in [0.717, 1.165) is 22.5 Å². The molecule has 0 spiro atoms. The molecular weight excluding hydrogens is 258 g/mol. The predicted molar refractivity (Wildman–Crippen MR) is 75.7 cm³/mol. The minimum Gasteiger partial charge on any atom is -0.431 e. The SMILES string of the molecule is NCc1cc(CSc2nc3ccccc3o2)ccn1. The number of nitrogens with two attached hydrogens (primary N) is 1. The van der Waals surface area contributed by atoms with E-state index in [0.29, 0.717) is 11.8 Å². The summed E-state index contributed by atoms with van der Waals surface area (Å²) in [5.41, 5.74) is 9.36. The number of para-hydroxylation sites is 2. The maximum Gasteiger partial charge on any atom is 0.257 e. The molecule has 0 saturated heterocycles. The fourth-order valence-electron chi connectivity index (χ4n) is 1.79. The molecule has 0 fully saturated rings. The Morgan fingerprint density at radius 3 is 2.95 bits per heavy atom. The van der Waals surface area contributed by atoms with Gasteiger partial charge >= 0.3 is 0 Å². The maximum atomic E-state index is 5.66. The van der Waals surface area contributed by atoms with Crippen LogP contribution in [0.2, 0.25) is 0 Å². The van der Waals surface area contributed by atoms with Crippen molar-refractivity contribution in [2.75, 3.05) is 0 Å². The molecule has 96 valence electrons. The quantitative estimate of drug-likeness (QED) is 0.739. The minimum atomic E-state index is 0.460. The third kappa shape index (κ3) is 2.77. The van der Waals surface area contributed by atoms with Gasteiger partial charge in [-0.05, 0) is 29.8 Å². The number of rotatable bonds is 4. The summed E-state index contributed by atoms with van der Waals surface area (Å²) in [5.74, 6) is 0.794. The molecule has 1 aromatic carbocycles. The van der Waals surface area contributed by atoms with Gasteiger partial charge in [-0.3, -0.25) is 4.98 Å². The van der Waals surface area contributed by atoms with E-state index in [1.54, 1.807) is 18.0 Å². The van der Waals surface area contributed by atoms with Crippen molar-refractivity contribution in [3.8, 4) is 0 Å². The van der Waals surface area contributed by atoms with E-state index in [-0.39, 0.29) is 0 Å². The third-order valence-corrected chi connectivity index (χ3v) is 3.63. The van der Waals surface area contributed by atoms with Crippen molar-refractivity contribution in [3.63, 3.8) is 0 Å². The second-order valence-electron chi connectivity index (χ2n) is 4.10. The van der Waals surface area contributed by atoms with Crippen molar-refractivity contribution < 1.29 is 4.42 Å². The molecular formula is C14H13N3OS. The zero-order valence-corrected chi connectivity index (χ0v) is 11.1. The van der Waals surface area contributed by atoms with Crippen molar-refractivity contribution in [1.82, 2.24) is 9.97 Å². The van der Waals surface area contributed by atoms with Crippen LogP contribution in [0.4, 0.5) is 0 Å². The number of hydrogen-bond acceptors (Lipinski definition) is 5. The van der Waals surface area contributed by atoms with Crippen LogP contribution in [0.1, 0.15) is 11.3 Å². The minimum absolute atomic E-state index is 0.460. The van der Waals surface area contributed by atoms with Crippen LogP contribution in [0.15, 0.2) is 52.2 Å². The smallest absolute Gasteiger partial charge is 0.257 e. The molecule has 2 N–H and O–H groups in total. The highest BCUT2D eigenvalue weighted by atomic mass is 32.2. The zero-order valence-electron chi connectivity index (χ0n) is 10.2. The monoisotopic (exact) mass is 271 g/mol. The van der Waals surface area contributed by atoms with Gasteiger partial charge in [0, 0.05) is 18.5 Å². The van der Waals surface area contributed by atoms with Crippen LogP contribution in [-0.2, 0) is 12.3 Å². The molecule has 2 aromatic heterocycles. The Morgan fingerprint density at radius 1 is 1.21 bits per heavy atom. The summed E-state index contributed by atoms with van der Waals surface area (Å²) in [6, 6.07) is 11.8. The van der Waals surface area contributed by atoms with E-state index in [4.69, 9.17) is 10.2 Å². The molecule has 19 heavy (non-hydrogen) atoms. The topological polar surface area (TPSA) is 64.9 Å². The molecule has 0 aliphatic carbocycles. The van der Waals surface area contributed by atoms with Crippen LogP contribution in [0.25, 0.3) is 11.1 Å². The Kier molecular flexibility index (Phi) is 3.48. The molecule has 0 unspecified atom stereocenters. The molecule has 0 aliphatic heterocycles. The van der Waals surface area contributed by atoms with Gasteiger partial charge in [-0.25, -0.2) is 4.98 Å². The van der Waals surface area contributed by atoms with E-state index in [9.17, 15) is 0 Å². The molecule has 0 bridgehead atoms. The molecule has 0 amide bonds. The molecule has 3 aromatic rings. The molecule has 4 nitrogen and oxygen atoms in total. The average molecular weight is 271 g/mol. The first kappa shape index (κ1) is 12.2. The lowest BCUT2D eigenvalue weighted by atomic mass is 10.2. The first-order valence-electron chi connectivity index (χ1n) is 5.97. The predicted octanol–water partition coefficient (Wildman–Crippen LogP) is 2.97. The lowest BCUT2D eigenvalue weighted by Gasteiger charge is -2.00. The number of thioether (sulfide) groups is 1. The highest BCUT2D eigenvalue weighted by molar-refractivity contribution is 7.98. The van der Waals surface area contributed by atoms with Gasteiger partial charge in [0.1, 0.15) is 5.52 Å². The zero-order chi connectivity index (χ0) is 13.1. The third-order valence-electron chi connectivity index (χ3n) is 2.73. The maximum absolute atomic E-state index is 5.66. The molecule has 0 aliphatic rings. The number of nitrogens with zero attached hydrogens (tertiary/aromatic N) is 2. The van der Waals surface area contributed by atoms with Crippen molar-refractivity contribution in [1.29, 1.82) is 0 Å². The van der Waals surface area contributed by atoms with Gasteiger partial charge in [-0.2, -0.15) is 0 Å². The summed E-state index contributed by atoms with van der Waals surface area (Å²) in [6.45, 7) is 0.460. The lowest BCUT2D eigenvalue weighted by Crippen LogP contribution is -1.99. The number of pyridine rings is 1. The largest absolute Gasteiger partial charge is 0.431 e.